The fourth-order valence-corrected chi connectivity index (χ4v) is 6.48. The molecule has 0 radical (unpaired) electrons. The number of carboxylic acids is 1. The van der Waals surface area contributed by atoms with Crippen LogP contribution in [0.1, 0.15) is 56.1 Å². The number of hydrogen-bond acceptors (Lipinski definition) is 8. The summed E-state index contributed by atoms with van der Waals surface area (Å²) >= 11 is 0. The SMILES string of the molecule is CCCCN(CCCCN(C)C)C(=O)CN1CC(c2cc(OC)c3c(c2)OCO3)[C@H](C(=O)O)[C@H]1CCc1ccccc1OC. The second-order valence-electron chi connectivity index (χ2n) is 12.0. The number of carboxylic acid groups (broad SMARTS) is 1. The largest absolute Gasteiger partial charge is 0.496 e. The number of nitrogens with zero attached hydrogens (tertiary/aromatic N) is 3. The molecular weight excluding hydrogens is 562 g/mol. The average molecular weight is 612 g/mol. The summed E-state index contributed by atoms with van der Waals surface area (Å²) in [5.74, 6) is 0.455. The molecule has 44 heavy (non-hydrogen) atoms. The van der Waals surface area contributed by atoms with Gasteiger partial charge in [-0.25, -0.2) is 0 Å². The second-order valence-corrected chi connectivity index (χ2v) is 12.0. The van der Waals surface area contributed by atoms with E-state index < -0.39 is 11.9 Å². The maximum absolute atomic E-state index is 13.9. The molecule has 1 amide bonds. The fraction of sp³-hybridized carbons (Fsp3) is 0.588. The van der Waals surface area contributed by atoms with E-state index in [-0.39, 0.29) is 31.2 Å². The summed E-state index contributed by atoms with van der Waals surface area (Å²) < 4.78 is 22.4. The number of rotatable bonds is 17. The van der Waals surface area contributed by atoms with Gasteiger partial charge in [-0.05, 0) is 82.1 Å². The molecule has 1 fully saturated rings. The number of benzene rings is 2. The summed E-state index contributed by atoms with van der Waals surface area (Å²) in [4.78, 5) is 33.1. The topological polar surface area (TPSA) is 101 Å². The average Bonchev–Trinajstić information content (AvgIpc) is 3.63. The molecule has 2 heterocycles. The molecular formula is C34H49N3O7. The van der Waals surface area contributed by atoms with Gasteiger partial charge in [-0.15, -0.1) is 0 Å². The molecule has 2 aliphatic rings. The van der Waals surface area contributed by atoms with Gasteiger partial charge in [0.25, 0.3) is 0 Å². The van der Waals surface area contributed by atoms with E-state index in [0.29, 0.717) is 49.7 Å². The molecule has 1 N–H and O–H groups in total. The molecule has 1 unspecified atom stereocenters. The lowest BCUT2D eigenvalue weighted by Gasteiger charge is -2.30. The van der Waals surface area contributed by atoms with E-state index >= 15 is 0 Å². The smallest absolute Gasteiger partial charge is 0.308 e. The number of para-hydroxylation sites is 1. The molecule has 242 valence electrons. The Morgan fingerprint density at radius 2 is 1.73 bits per heavy atom. The van der Waals surface area contributed by atoms with E-state index in [4.69, 9.17) is 18.9 Å². The first kappa shape index (κ1) is 33.4. The molecule has 3 atom stereocenters. The summed E-state index contributed by atoms with van der Waals surface area (Å²) in [6.07, 6.45) is 5.09. The maximum atomic E-state index is 13.9. The quantitative estimate of drug-likeness (QED) is 0.259. The Labute approximate surface area is 261 Å². The zero-order valence-electron chi connectivity index (χ0n) is 26.9. The highest BCUT2D eigenvalue weighted by molar-refractivity contribution is 5.79. The third-order valence-electron chi connectivity index (χ3n) is 8.80. The zero-order chi connectivity index (χ0) is 31.6. The standard InChI is InChI=1S/C34H49N3O7/c1-6-7-17-36(18-11-10-16-35(2)3)31(38)22-37-21-26(25-19-29(42-5)33-30(20-25)43-23-44-33)32(34(39)40)27(37)15-14-24-12-8-9-13-28(24)41-4/h8-9,12-13,19-20,26-27,32H,6-7,10-11,14-18,21-23H2,1-5H3,(H,39,40)/t26?,27-,32+/m1/s1. The van der Waals surface area contributed by atoms with Crippen LogP contribution in [0.15, 0.2) is 36.4 Å². The molecule has 2 aromatic carbocycles. The fourth-order valence-electron chi connectivity index (χ4n) is 6.48. The minimum absolute atomic E-state index is 0.0543. The van der Waals surface area contributed by atoms with Gasteiger partial charge in [-0.1, -0.05) is 31.5 Å². The van der Waals surface area contributed by atoms with Crippen LogP contribution in [0.2, 0.25) is 0 Å². The number of hydrogen-bond donors (Lipinski definition) is 1. The highest BCUT2D eigenvalue weighted by Gasteiger charge is 2.47. The summed E-state index contributed by atoms with van der Waals surface area (Å²) in [6, 6.07) is 11.2. The van der Waals surface area contributed by atoms with Gasteiger partial charge < -0.3 is 33.9 Å². The van der Waals surface area contributed by atoms with E-state index in [2.05, 4.69) is 30.8 Å². The minimum Gasteiger partial charge on any atom is -0.496 e. The first-order valence-corrected chi connectivity index (χ1v) is 15.8. The third kappa shape index (κ3) is 8.15. The molecule has 10 heteroatoms. The number of carbonyl (C=O) groups is 2. The number of carbonyl (C=O) groups excluding carboxylic acids is 1. The van der Waals surface area contributed by atoms with Crippen LogP contribution in [0.25, 0.3) is 0 Å². The summed E-state index contributed by atoms with van der Waals surface area (Å²) in [5, 5.41) is 10.7. The number of likely N-dealkylation sites (tertiary alicyclic amines) is 1. The molecule has 0 aromatic heterocycles. The van der Waals surface area contributed by atoms with Crippen LogP contribution in [-0.2, 0) is 16.0 Å². The first-order chi connectivity index (χ1) is 21.3. The van der Waals surface area contributed by atoms with Crippen LogP contribution in [0.4, 0.5) is 0 Å². The van der Waals surface area contributed by atoms with Gasteiger partial charge in [0.1, 0.15) is 5.75 Å². The van der Waals surface area contributed by atoms with E-state index in [1.54, 1.807) is 14.2 Å². The lowest BCUT2D eigenvalue weighted by atomic mass is 9.83. The van der Waals surface area contributed by atoms with Gasteiger partial charge in [0.15, 0.2) is 11.5 Å². The Balaban J connectivity index is 1.62. The summed E-state index contributed by atoms with van der Waals surface area (Å²) in [6.45, 7) is 5.23. The number of ether oxygens (including phenoxy) is 4. The molecule has 0 saturated carbocycles. The van der Waals surface area contributed by atoms with Crippen molar-refractivity contribution in [3.05, 3.63) is 47.5 Å². The van der Waals surface area contributed by atoms with Gasteiger partial charge in [-0.3, -0.25) is 14.5 Å². The van der Waals surface area contributed by atoms with E-state index in [1.165, 1.54) is 0 Å². The Morgan fingerprint density at radius 3 is 2.43 bits per heavy atom. The minimum atomic E-state index is -0.877. The van der Waals surface area contributed by atoms with Crippen LogP contribution in [0, 0.1) is 5.92 Å². The summed E-state index contributed by atoms with van der Waals surface area (Å²) in [5.41, 5.74) is 1.83. The number of amides is 1. The number of aliphatic carboxylic acids is 1. The number of unbranched alkanes of at least 4 members (excludes halogenated alkanes) is 2. The van der Waals surface area contributed by atoms with Gasteiger partial charge >= 0.3 is 5.97 Å². The van der Waals surface area contributed by atoms with Crippen LogP contribution >= 0.6 is 0 Å². The molecule has 4 rings (SSSR count). The predicted molar refractivity (Wildman–Crippen MR) is 169 cm³/mol. The van der Waals surface area contributed by atoms with Crippen LogP contribution in [0.3, 0.4) is 0 Å². The van der Waals surface area contributed by atoms with Crippen molar-refractivity contribution < 1.29 is 33.6 Å². The first-order valence-electron chi connectivity index (χ1n) is 15.8. The Hall–Kier alpha value is -3.50. The van der Waals surface area contributed by atoms with Gasteiger partial charge in [0.05, 0.1) is 26.7 Å². The van der Waals surface area contributed by atoms with Crippen molar-refractivity contribution in [2.24, 2.45) is 5.92 Å². The van der Waals surface area contributed by atoms with Crippen LogP contribution < -0.4 is 18.9 Å². The number of methoxy groups -OCH3 is 2. The predicted octanol–water partition coefficient (Wildman–Crippen LogP) is 4.50. The second kappa shape index (κ2) is 16.0. The van der Waals surface area contributed by atoms with Crippen molar-refractivity contribution in [2.75, 3.05) is 67.8 Å². The van der Waals surface area contributed by atoms with Crippen LogP contribution in [0.5, 0.6) is 23.0 Å². The molecule has 2 aromatic rings. The number of fused-ring (bicyclic) bond motifs is 1. The van der Waals surface area contributed by atoms with Gasteiger partial charge in [-0.2, -0.15) is 0 Å². The lowest BCUT2D eigenvalue weighted by molar-refractivity contribution is -0.143. The third-order valence-corrected chi connectivity index (χ3v) is 8.80. The molecule has 0 aliphatic carbocycles. The normalized spacial score (nSPS) is 19.4. The molecule has 1 saturated heterocycles. The Bertz CT molecular complexity index is 1250. The van der Waals surface area contributed by atoms with Gasteiger partial charge in [0.2, 0.25) is 18.4 Å². The van der Waals surface area contributed by atoms with Crippen LogP contribution in [-0.4, -0.2) is 106 Å². The zero-order valence-corrected chi connectivity index (χ0v) is 26.9. The van der Waals surface area contributed by atoms with E-state index in [1.807, 2.05) is 41.3 Å². The Morgan fingerprint density at radius 1 is 1.00 bits per heavy atom. The highest BCUT2D eigenvalue weighted by Crippen LogP contribution is 2.47. The molecule has 0 spiro atoms. The van der Waals surface area contributed by atoms with Crippen molar-refractivity contribution in [1.29, 1.82) is 0 Å². The van der Waals surface area contributed by atoms with Crippen molar-refractivity contribution in [2.45, 2.75) is 57.4 Å². The maximum Gasteiger partial charge on any atom is 0.308 e. The van der Waals surface area contributed by atoms with Crippen molar-refractivity contribution in [1.82, 2.24) is 14.7 Å². The van der Waals surface area contributed by atoms with Crippen molar-refractivity contribution in [3.63, 3.8) is 0 Å². The van der Waals surface area contributed by atoms with Gasteiger partial charge in [0, 0.05) is 31.6 Å². The monoisotopic (exact) mass is 611 g/mol. The molecule has 2 aliphatic heterocycles. The highest BCUT2D eigenvalue weighted by atomic mass is 16.7. The Kier molecular flexibility index (Phi) is 12.1. The van der Waals surface area contributed by atoms with E-state index in [0.717, 1.165) is 49.1 Å². The van der Waals surface area contributed by atoms with Crippen molar-refractivity contribution in [3.8, 4) is 23.0 Å². The molecule has 10 nitrogen and oxygen atoms in total. The lowest BCUT2D eigenvalue weighted by Crippen LogP contribution is -2.45. The number of aryl methyl sites for hydroxylation is 1. The summed E-state index contributed by atoms with van der Waals surface area (Å²) in [7, 11) is 7.33. The molecule has 0 bridgehead atoms. The van der Waals surface area contributed by atoms with E-state index in [9.17, 15) is 14.7 Å². The van der Waals surface area contributed by atoms with Crippen molar-refractivity contribution >= 4 is 11.9 Å².